The second kappa shape index (κ2) is 7.14. The van der Waals surface area contributed by atoms with Gasteiger partial charge in [-0.3, -0.25) is 0 Å². The maximum Gasteiger partial charge on any atom is 0.142 e. The first-order chi connectivity index (χ1) is 10.4. The predicted molar refractivity (Wildman–Crippen MR) is 85.2 cm³/mol. The number of fused-ring (bicyclic) bond motifs is 1. The van der Waals surface area contributed by atoms with E-state index in [4.69, 9.17) is 9.47 Å². The number of nitrogens with zero attached hydrogens (tertiary/aromatic N) is 1. The highest BCUT2D eigenvalue weighted by Crippen LogP contribution is 2.31. The number of para-hydroxylation sites is 2. The minimum Gasteiger partial charge on any atom is -0.491 e. The summed E-state index contributed by atoms with van der Waals surface area (Å²) in [7, 11) is 0. The van der Waals surface area contributed by atoms with E-state index < -0.39 is 0 Å². The zero-order chi connectivity index (χ0) is 14.5. The third kappa shape index (κ3) is 3.50. The van der Waals surface area contributed by atoms with Crippen molar-refractivity contribution in [3.05, 3.63) is 24.3 Å². The summed E-state index contributed by atoms with van der Waals surface area (Å²) in [6.45, 7) is 7.86. The molecule has 3 rings (SSSR count). The molecule has 2 aliphatic rings. The van der Waals surface area contributed by atoms with Crippen LogP contribution in [0.3, 0.4) is 0 Å². The molecule has 0 bridgehead atoms. The van der Waals surface area contributed by atoms with E-state index >= 15 is 0 Å². The van der Waals surface area contributed by atoms with E-state index in [1.807, 2.05) is 6.07 Å². The van der Waals surface area contributed by atoms with Crippen molar-refractivity contribution < 1.29 is 9.47 Å². The summed E-state index contributed by atoms with van der Waals surface area (Å²) in [5.74, 6) is 1.57. The number of anilines is 1. The van der Waals surface area contributed by atoms with Gasteiger partial charge in [-0.05, 0) is 31.5 Å². The van der Waals surface area contributed by atoms with Crippen LogP contribution in [-0.2, 0) is 4.74 Å². The number of hydrogen-bond acceptors (Lipinski definition) is 4. The monoisotopic (exact) mass is 290 g/mol. The van der Waals surface area contributed by atoms with Gasteiger partial charge in [0.1, 0.15) is 5.75 Å². The second-order valence-electron chi connectivity index (χ2n) is 5.90. The number of ether oxygens (including phenoxy) is 2. The van der Waals surface area contributed by atoms with Gasteiger partial charge < -0.3 is 19.7 Å². The van der Waals surface area contributed by atoms with Crippen LogP contribution >= 0.6 is 0 Å². The van der Waals surface area contributed by atoms with Crippen molar-refractivity contribution in [1.82, 2.24) is 5.32 Å². The van der Waals surface area contributed by atoms with Gasteiger partial charge in [0, 0.05) is 31.7 Å². The van der Waals surface area contributed by atoms with Crippen molar-refractivity contribution in [2.75, 3.05) is 44.4 Å². The van der Waals surface area contributed by atoms with E-state index in [9.17, 15) is 0 Å². The highest BCUT2D eigenvalue weighted by atomic mass is 16.5. The van der Waals surface area contributed by atoms with Gasteiger partial charge in [0.25, 0.3) is 0 Å². The van der Waals surface area contributed by atoms with Crippen LogP contribution in [0.4, 0.5) is 5.69 Å². The molecule has 1 saturated heterocycles. The Morgan fingerprint density at radius 2 is 2.19 bits per heavy atom. The smallest absolute Gasteiger partial charge is 0.142 e. The molecule has 0 spiro atoms. The number of hydrogen-bond donors (Lipinski definition) is 1. The average Bonchev–Trinajstić information content (AvgIpc) is 2.72. The van der Waals surface area contributed by atoms with Crippen LogP contribution in [-0.4, -0.2) is 45.5 Å². The molecule has 1 aromatic carbocycles. The van der Waals surface area contributed by atoms with Gasteiger partial charge in [0.2, 0.25) is 0 Å². The maximum atomic E-state index is 5.85. The molecule has 0 aromatic heterocycles. The molecule has 0 aliphatic carbocycles. The van der Waals surface area contributed by atoms with E-state index in [2.05, 4.69) is 35.3 Å². The Bertz CT molecular complexity index is 450. The van der Waals surface area contributed by atoms with Gasteiger partial charge in [-0.15, -0.1) is 0 Å². The summed E-state index contributed by atoms with van der Waals surface area (Å²) in [5.41, 5.74) is 1.23. The van der Waals surface area contributed by atoms with Crippen LogP contribution < -0.4 is 15.0 Å². The first-order valence-corrected chi connectivity index (χ1v) is 8.16. The van der Waals surface area contributed by atoms with E-state index in [-0.39, 0.29) is 0 Å². The third-order valence-electron chi connectivity index (χ3n) is 4.43. The number of rotatable bonds is 4. The van der Waals surface area contributed by atoms with Crippen molar-refractivity contribution in [1.29, 1.82) is 0 Å². The highest BCUT2D eigenvalue weighted by molar-refractivity contribution is 5.59. The Morgan fingerprint density at radius 3 is 3.10 bits per heavy atom. The van der Waals surface area contributed by atoms with Crippen LogP contribution in [0.2, 0.25) is 0 Å². The molecule has 1 fully saturated rings. The van der Waals surface area contributed by atoms with Gasteiger partial charge in [0.05, 0.1) is 18.9 Å². The van der Waals surface area contributed by atoms with Gasteiger partial charge in [-0.1, -0.05) is 19.1 Å². The Labute approximate surface area is 127 Å². The van der Waals surface area contributed by atoms with E-state index in [0.717, 1.165) is 58.0 Å². The molecule has 2 unspecified atom stereocenters. The standard InChI is InChI=1S/C17H26N2O2/c1-2-18-15-8-11-20-13-14(15)12-19-9-5-10-21-17-7-4-3-6-16(17)19/h3-4,6-7,14-15,18H,2,5,8-13H2,1H3. The lowest BCUT2D eigenvalue weighted by atomic mass is 9.94. The van der Waals surface area contributed by atoms with Crippen LogP contribution in [0.15, 0.2) is 24.3 Å². The lowest BCUT2D eigenvalue weighted by Gasteiger charge is -2.36. The molecule has 1 aromatic rings. The first kappa shape index (κ1) is 14.7. The Balaban J connectivity index is 1.73. The molecule has 1 N–H and O–H groups in total. The molecule has 2 heterocycles. The molecule has 21 heavy (non-hydrogen) atoms. The average molecular weight is 290 g/mol. The van der Waals surface area contributed by atoms with Gasteiger partial charge in [-0.25, -0.2) is 0 Å². The molecule has 2 atom stereocenters. The first-order valence-electron chi connectivity index (χ1n) is 8.16. The van der Waals surface area contributed by atoms with Crippen molar-refractivity contribution >= 4 is 5.69 Å². The SMILES string of the molecule is CCNC1CCOCC1CN1CCCOc2ccccc21. The van der Waals surface area contributed by atoms with E-state index in [1.54, 1.807) is 0 Å². The van der Waals surface area contributed by atoms with Crippen molar-refractivity contribution in [3.8, 4) is 5.75 Å². The lowest BCUT2D eigenvalue weighted by molar-refractivity contribution is 0.0352. The Hall–Kier alpha value is -1.26. The van der Waals surface area contributed by atoms with E-state index in [0.29, 0.717) is 12.0 Å². The third-order valence-corrected chi connectivity index (χ3v) is 4.43. The number of benzene rings is 1. The minimum atomic E-state index is 0.546. The molecule has 2 aliphatic heterocycles. The van der Waals surface area contributed by atoms with Gasteiger partial charge in [-0.2, -0.15) is 0 Å². The number of nitrogens with one attached hydrogen (secondary N) is 1. The topological polar surface area (TPSA) is 33.7 Å². The van der Waals surface area contributed by atoms with Crippen LogP contribution in [0, 0.1) is 5.92 Å². The van der Waals surface area contributed by atoms with Crippen molar-refractivity contribution in [3.63, 3.8) is 0 Å². The molecule has 4 heteroatoms. The summed E-state index contributed by atoms with van der Waals surface area (Å²) in [5, 5.41) is 3.63. The van der Waals surface area contributed by atoms with Crippen molar-refractivity contribution in [2.24, 2.45) is 5.92 Å². The summed E-state index contributed by atoms with van der Waals surface area (Å²) >= 11 is 0. The fraction of sp³-hybridized carbons (Fsp3) is 0.647. The van der Waals surface area contributed by atoms with Crippen molar-refractivity contribution in [2.45, 2.75) is 25.8 Å². The van der Waals surface area contributed by atoms with Crippen LogP contribution in [0.5, 0.6) is 5.75 Å². The molecule has 0 radical (unpaired) electrons. The summed E-state index contributed by atoms with van der Waals surface area (Å²) < 4.78 is 11.6. The van der Waals surface area contributed by atoms with Gasteiger partial charge >= 0.3 is 0 Å². The molecular weight excluding hydrogens is 264 g/mol. The molecular formula is C17H26N2O2. The second-order valence-corrected chi connectivity index (χ2v) is 5.90. The summed E-state index contributed by atoms with van der Waals surface area (Å²) in [4.78, 5) is 2.48. The quantitative estimate of drug-likeness (QED) is 0.922. The maximum absolute atomic E-state index is 5.85. The van der Waals surface area contributed by atoms with Gasteiger partial charge in [0.15, 0.2) is 0 Å². The Kier molecular flexibility index (Phi) is 4.99. The minimum absolute atomic E-state index is 0.546. The molecule has 116 valence electrons. The highest BCUT2D eigenvalue weighted by Gasteiger charge is 2.28. The molecule has 0 amide bonds. The fourth-order valence-electron chi connectivity index (χ4n) is 3.38. The van der Waals surface area contributed by atoms with Crippen LogP contribution in [0.25, 0.3) is 0 Å². The lowest BCUT2D eigenvalue weighted by Crippen LogP contribution is -2.48. The predicted octanol–water partition coefficient (Wildman–Crippen LogP) is 2.29. The van der Waals surface area contributed by atoms with E-state index in [1.165, 1.54) is 5.69 Å². The Morgan fingerprint density at radius 1 is 1.29 bits per heavy atom. The van der Waals surface area contributed by atoms with Crippen LogP contribution in [0.1, 0.15) is 19.8 Å². The normalized spacial score (nSPS) is 25.9. The molecule has 4 nitrogen and oxygen atoms in total. The fourth-order valence-corrected chi connectivity index (χ4v) is 3.38. The molecule has 0 saturated carbocycles. The largest absolute Gasteiger partial charge is 0.491 e. The zero-order valence-electron chi connectivity index (χ0n) is 12.9. The zero-order valence-corrected chi connectivity index (χ0v) is 12.9. The summed E-state index contributed by atoms with van der Waals surface area (Å²) in [6.07, 6.45) is 2.19. The summed E-state index contributed by atoms with van der Waals surface area (Å²) in [6, 6.07) is 8.96.